The zero-order valence-corrected chi connectivity index (χ0v) is 13.0. The lowest BCUT2D eigenvalue weighted by molar-refractivity contribution is 0.101. The van der Waals surface area contributed by atoms with Gasteiger partial charge in [-0.25, -0.2) is 0 Å². The van der Waals surface area contributed by atoms with E-state index in [9.17, 15) is 4.79 Å². The van der Waals surface area contributed by atoms with Crippen molar-refractivity contribution in [2.24, 2.45) is 0 Å². The molecule has 3 rings (SSSR count). The SMILES string of the molecule is CCc1nnc(NC(=O)c2cc(-c3ccc(C)cc3)on2)s1. The Bertz CT molecular complexity index is 792. The van der Waals surface area contributed by atoms with E-state index in [0.717, 1.165) is 22.6 Å². The van der Waals surface area contributed by atoms with Crippen molar-refractivity contribution in [3.63, 3.8) is 0 Å². The predicted octanol–water partition coefficient (Wildman–Crippen LogP) is 3.32. The smallest absolute Gasteiger partial charge is 0.279 e. The van der Waals surface area contributed by atoms with Crippen LogP contribution < -0.4 is 5.32 Å². The molecule has 0 fully saturated rings. The molecule has 3 aromatic rings. The van der Waals surface area contributed by atoms with Gasteiger partial charge in [0.15, 0.2) is 11.5 Å². The lowest BCUT2D eigenvalue weighted by atomic mass is 10.1. The van der Waals surface area contributed by atoms with E-state index >= 15 is 0 Å². The molecule has 0 radical (unpaired) electrons. The maximum Gasteiger partial charge on any atom is 0.279 e. The van der Waals surface area contributed by atoms with Gasteiger partial charge >= 0.3 is 0 Å². The highest BCUT2D eigenvalue weighted by molar-refractivity contribution is 7.15. The minimum absolute atomic E-state index is 0.212. The summed E-state index contributed by atoms with van der Waals surface area (Å²) >= 11 is 1.35. The van der Waals surface area contributed by atoms with Crippen LogP contribution in [0.2, 0.25) is 0 Å². The maximum absolute atomic E-state index is 12.1. The first kappa shape index (κ1) is 14.4. The Hall–Kier alpha value is -2.54. The average Bonchev–Trinajstić information content (AvgIpc) is 3.17. The molecule has 0 atom stereocenters. The van der Waals surface area contributed by atoms with Crippen LogP contribution in [0.3, 0.4) is 0 Å². The number of nitrogens with zero attached hydrogens (tertiary/aromatic N) is 3. The topological polar surface area (TPSA) is 80.9 Å². The molecule has 0 aliphatic rings. The Balaban J connectivity index is 1.75. The van der Waals surface area contributed by atoms with Crippen molar-refractivity contribution in [3.8, 4) is 11.3 Å². The standard InChI is InChI=1S/C15H14N4O2S/c1-3-13-17-18-15(22-13)16-14(20)11-8-12(21-19-11)10-6-4-9(2)5-7-10/h4-8H,3H2,1-2H3,(H,16,18,20). The molecule has 6 nitrogen and oxygen atoms in total. The predicted molar refractivity (Wildman–Crippen MR) is 83.9 cm³/mol. The second-order valence-corrected chi connectivity index (χ2v) is 5.81. The van der Waals surface area contributed by atoms with E-state index in [4.69, 9.17) is 4.52 Å². The second-order valence-electron chi connectivity index (χ2n) is 4.75. The number of benzene rings is 1. The molecule has 0 aliphatic carbocycles. The maximum atomic E-state index is 12.1. The lowest BCUT2D eigenvalue weighted by Gasteiger charge is -1.95. The highest BCUT2D eigenvalue weighted by atomic mass is 32.1. The molecule has 0 unspecified atom stereocenters. The van der Waals surface area contributed by atoms with Gasteiger partial charge in [0.1, 0.15) is 5.01 Å². The van der Waals surface area contributed by atoms with Gasteiger partial charge in [0, 0.05) is 11.6 Å². The van der Waals surface area contributed by atoms with Crippen LogP contribution in [0.5, 0.6) is 0 Å². The molecule has 0 saturated heterocycles. The number of aryl methyl sites for hydroxylation is 2. The van der Waals surface area contributed by atoms with Crippen molar-refractivity contribution in [1.29, 1.82) is 0 Å². The molecular formula is C15H14N4O2S. The van der Waals surface area contributed by atoms with Gasteiger partial charge in [-0.2, -0.15) is 0 Å². The van der Waals surface area contributed by atoms with Gasteiger partial charge in [0.2, 0.25) is 5.13 Å². The van der Waals surface area contributed by atoms with Crippen molar-refractivity contribution in [1.82, 2.24) is 15.4 Å². The molecule has 0 bridgehead atoms. The first-order valence-electron chi connectivity index (χ1n) is 6.83. The molecule has 1 aromatic carbocycles. The Morgan fingerprint density at radius 2 is 2.05 bits per heavy atom. The summed E-state index contributed by atoms with van der Waals surface area (Å²) in [7, 11) is 0. The summed E-state index contributed by atoms with van der Waals surface area (Å²) in [6, 6.07) is 9.42. The second kappa shape index (κ2) is 6.07. The summed E-state index contributed by atoms with van der Waals surface area (Å²) in [4.78, 5) is 12.1. The van der Waals surface area contributed by atoms with Crippen molar-refractivity contribution < 1.29 is 9.32 Å². The zero-order chi connectivity index (χ0) is 15.5. The Morgan fingerprint density at radius 1 is 1.27 bits per heavy atom. The fourth-order valence-electron chi connectivity index (χ4n) is 1.84. The normalized spacial score (nSPS) is 10.6. The summed E-state index contributed by atoms with van der Waals surface area (Å²) < 4.78 is 5.23. The van der Waals surface area contributed by atoms with Crippen LogP contribution in [0.25, 0.3) is 11.3 Å². The molecule has 2 aromatic heterocycles. The van der Waals surface area contributed by atoms with E-state index in [1.807, 2.05) is 38.1 Å². The number of hydrogen-bond acceptors (Lipinski definition) is 6. The molecule has 7 heteroatoms. The largest absolute Gasteiger partial charge is 0.355 e. The van der Waals surface area contributed by atoms with Crippen molar-refractivity contribution in [3.05, 3.63) is 46.6 Å². The number of rotatable bonds is 4. The molecule has 0 aliphatic heterocycles. The number of aromatic nitrogens is 3. The van der Waals surface area contributed by atoms with Gasteiger partial charge in [-0.3, -0.25) is 10.1 Å². The molecular weight excluding hydrogens is 300 g/mol. The molecule has 0 spiro atoms. The van der Waals surface area contributed by atoms with Crippen LogP contribution in [0.4, 0.5) is 5.13 Å². The third-order valence-electron chi connectivity index (χ3n) is 3.07. The third kappa shape index (κ3) is 3.04. The first-order chi connectivity index (χ1) is 10.7. The van der Waals surface area contributed by atoms with E-state index in [1.54, 1.807) is 6.07 Å². The van der Waals surface area contributed by atoms with E-state index in [1.165, 1.54) is 11.3 Å². The van der Waals surface area contributed by atoms with Crippen LogP contribution >= 0.6 is 11.3 Å². The Morgan fingerprint density at radius 3 is 2.73 bits per heavy atom. The van der Waals surface area contributed by atoms with Crippen molar-refractivity contribution >= 4 is 22.4 Å². The van der Waals surface area contributed by atoms with Crippen LogP contribution in [0.1, 0.15) is 28.0 Å². The minimum atomic E-state index is -0.360. The third-order valence-corrected chi connectivity index (χ3v) is 4.05. The first-order valence-corrected chi connectivity index (χ1v) is 7.65. The summed E-state index contributed by atoms with van der Waals surface area (Å²) in [5, 5.41) is 15.7. The quantitative estimate of drug-likeness (QED) is 0.799. The Labute approximate surface area is 131 Å². The summed E-state index contributed by atoms with van der Waals surface area (Å²) in [5.41, 5.74) is 2.24. The van der Waals surface area contributed by atoms with Crippen molar-refractivity contribution in [2.45, 2.75) is 20.3 Å². The summed E-state index contributed by atoms with van der Waals surface area (Å²) in [6.45, 7) is 3.99. The molecule has 112 valence electrons. The Kier molecular flexibility index (Phi) is 3.97. The molecule has 1 N–H and O–H groups in total. The zero-order valence-electron chi connectivity index (χ0n) is 12.2. The number of anilines is 1. The van der Waals surface area contributed by atoms with E-state index in [0.29, 0.717) is 10.9 Å². The fourth-order valence-corrected chi connectivity index (χ4v) is 2.52. The van der Waals surface area contributed by atoms with E-state index in [2.05, 4.69) is 20.7 Å². The lowest BCUT2D eigenvalue weighted by Crippen LogP contribution is -2.11. The number of hydrogen-bond donors (Lipinski definition) is 1. The van der Waals surface area contributed by atoms with Gasteiger partial charge in [-0.1, -0.05) is 53.2 Å². The van der Waals surface area contributed by atoms with Gasteiger partial charge in [-0.05, 0) is 13.3 Å². The van der Waals surface area contributed by atoms with Crippen LogP contribution in [0, 0.1) is 6.92 Å². The number of carbonyl (C=O) groups is 1. The van der Waals surface area contributed by atoms with Gasteiger partial charge in [0.25, 0.3) is 5.91 Å². The van der Waals surface area contributed by atoms with Crippen LogP contribution in [-0.2, 0) is 6.42 Å². The van der Waals surface area contributed by atoms with Gasteiger partial charge in [0.05, 0.1) is 0 Å². The molecule has 1 amide bonds. The fraction of sp³-hybridized carbons (Fsp3) is 0.200. The van der Waals surface area contributed by atoms with E-state index in [-0.39, 0.29) is 11.6 Å². The number of nitrogens with one attached hydrogen (secondary N) is 1. The highest BCUT2D eigenvalue weighted by Gasteiger charge is 2.15. The molecule has 0 saturated carbocycles. The summed E-state index contributed by atoms with van der Waals surface area (Å²) in [5.74, 6) is 0.192. The van der Waals surface area contributed by atoms with Crippen molar-refractivity contribution in [2.75, 3.05) is 5.32 Å². The van der Waals surface area contributed by atoms with Gasteiger partial charge < -0.3 is 4.52 Å². The van der Waals surface area contributed by atoms with Gasteiger partial charge in [-0.15, -0.1) is 10.2 Å². The average molecular weight is 314 g/mol. The minimum Gasteiger partial charge on any atom is -0.355 e. The van der Waals surface area contributed by atoms with Crippen LogP contribution in [-0.4, -0.2) is 21.3 Å². The molecule has 2 heterocycles. The monoisotopic (exact) mass is 314 g/mol. The molecule has 22 heavy (non-hydrogen) atoms. The highest BCUT2D eigenvalue weighted by Crippen LogP contribution is 2.22. The number of carbonyl (C=O) groups excluding carboxylic acids is 1. The number of amides is 1. The van der Waals surface area contributed by atoms with E-state index < -0.39 is 0 Å². The summed E-state index contributed by atoms with van der Waals surface area (Å²) in [6.07, 6.45) is 0.787. The van der Waals surface area contributed by atoms with Crippen LogP contribution in [0.15, 0.2) is 34.9 Å².